The van der Waals surface area contributed by atoms with Crippen molar-refractivity contribution in [2.24, 2.45) is 5.41 Å². The van der Waals surface area contributed by atoms with Crippen LogP contribution in [0, 0.1) is 5.41 Å². The molecule has 0 aliphatic heterocycles. The molecule has 1 fully saturated rings. The molecule has 1 rings (SSSR count). The minimum absolute atomic E-state index is 0.528. The number of alkyl carbamates (subject to hydrolysis) is 1. The van der Waals surface area contributed by atoms with Crippen LogP contribution in [-0.2, 0) is 9.53 Å². The standard InChI is InChI=1S/C12H21NO5/c1-12(2,3)9(10(15)16)13-11(17)18-8-6-4-5-7(8)14/h7-9,14H,4-6H2,1-3H3,(H,13,17)(H,15,16)/t7-,8-,9-/m1/s1. The first-order valence-corrected chi connectivity index (χ1v) is 6.10. The summed E-state index contributed by atoms with van der Waals surface area (Å²) < 4.78 is 5.04. The Bertz CT molecular complexity index is 323. The first kappa shape index (κ1) is 14.8. The number of aliphatic hydroxyl groups excluding tert-OH is 1. The summed E-state index contributed by atoms with van der Waals surface area (Å²) in [4.78, 5) is 22.7. The summed E-state index contributed by atoms with van der Waals surface area (Å²) in [5, 5.41) is 20.9. The summed E-state index contributed by atoms with van der Waals surface area (Å²) in [6, 6.07) is -1.02. The maximum atomic E-state index is 11.6. The second-order valence-electron chi connectivity index (χ2n) is 5.72. The van der Waals surface area contributed by atoms with Crippen LogP contribution < -0.4 is 5.32 Å². The number of rotatable bonds is 3. The Balaban J connectivity index is 2.54. The van der Waals surface area contributed by atoms with Gasteiger partial charge in [0.25, 0.3) is 0 Å². The van der Waals surface area contributed by atoms with Gasteiger partial charge in [0.05, 0.1) is 6.10 Å². The molecule has 1 aliphatic rings. The van der Waals surface area contributed by atoms with E-state index < -0.39 is 35.7 Å². The zero-order valence-corrected chi connectivity index (χ0v) is 11.0. The molecule has 3 atom stereocenters. The number of carboxylic acids is 1. The van der Waals surface area contributed by atoms with E-state index in [1.807, 2.05) is 0 Å². The van der Waals surface area contributed by atoms with E-state index in [1.165, 1.54) is 0 Å². The van der Waals surface area contributed by atoms with Crippen molar-refractivity contribution in [1.82, 2.24) is 5.32 Å². The summed E-state index contributed by atoms with van der Waals surface area (Å²) in [6.45, 7) is 5.16. The maximum Gasteiger partial charge on any atom is 0.408 e. The average Bonchev–Trinajstić information content (AvgIpc) is 2.59. The fraction of sp³-hybridized carbons (Fsp3) is 0.833. The van der Waals surface area contributed by atoms with Gasteiger partial charge in [0.1, 0.15) is 12.1 Å². The number of amides is 1. The lowest BCUT2D eigenvalue weighted by Crippen LogP contribution is -2.50. The van der Waals surface area contributed by atoms with Gasteiger partial charge in [0.15, 0.2) is 0 Å². The van der Waals surface area contributed by atoms with Gasteiger partial charge in [-0.2, -0.15) is 0 Å². The molecule has 0 radical (unpaired) electrons. The highest BCUT2D eigenvalue weighted by Crippen LogP contribution is 2.23. The maximum absolute atomic E-state index is 11.6. The van der Waals surface area contributed by atoms with Crippen molar-refractivity contribution in [3.63, 3.8) is 0 Å². The van der Waals surface area contributed by atoms with Gasteiger partial charge in [0, 0.05) is 0 Å². The lowest BCUT2D eigenvalue weighted by molar-refractivity contribution is -0.142. The number of aliphatic carboxylic acids is 1. The molecule has 0 aromatic rings. The van der Waals surface area contributed by atoms with Gasteiger partial charge in [-0.25, -0.2) is 9.59 Å². The predicted molar refractivity (Wildman–Crippen MR) is 64.1 cm³/mol. The zero-order valence-electron chi connectivity index (χ0n) is 11.0. The molecule has 0 aromatic carbocycles. The third-order valence-corrected chi connectivity index (χ3v) is 3.05. The third-order valence-electron chi connectivity index (χ3n) is 3.05. The molecule has 0 heterocycles. The molecule has 0 spiro atoms. The van der Waals surface area contributed by atoms with Crippen molar-refractivity contribution < 1.29 is 24.5 Å². The van der Waals surface area contributed by atoms with Crippen molar-refractivity contribution >= 4 is 12.1 Å². The first-order valence-electron chi connectivity index (χ1n) is 6.10. The Morgan fingerprint density at radius 2 is 1.94 bits per heavy atom. The number of carbonyl (C=O) groups is 2. The molecule has 1 aliphatic carbocycles. The van der Waals surface area contributed by atoms with Crippen LogP contribution in [0.15, 0.2) is 0 Å². The molecule has 0 unspecified atom stereocenters. The van der Waals surface area contributed by atoms with Gasteiger partial charge in [-0.15, -0.1) is 0 Å². The zero-order chi connectivity index (χ0) is 13.9. The van der Waals surface area contributed by atoms with Gasteiger partial charge in [-0.3, -0.25) is 0 Å². The largest absolute Gasteiger partial charge is 0.480 e. The number of aliphatic hydroxyl groups is 1. The summed E-state index contributed by atoms with van der Waals surface area (Å²) in [6.07, 6.45) is 0.0682. The molecule has 1 amide bonds. The Hall–Kier alpha value is -1.30. The monoisotopic (exact) mass is 259 g/mol. The number of hydrogen-bond donors (Lipinski definition) is 3. The Morgan fingerprint density at radius 1 is 1.33 bits per heavy atom. The lowest BCUT2D eigenvalue weighted by Gasteiger charge is -2.28. The van der Waals surface area contributed by atoms with Crippen LogP contribution in [0.2, 0.25) is 0 Å². The van der Waals surface area contributed by atoms with Gasteiger partial charge < -0.3 is 20.3 Å². The molecule has 0 bridgehead atoms. The number of ether oxygens (including phenoxy) is 1. The Labute approximate surface area is 106 Å². The van der Waals surface area contributed by atoms with Crippen LogP contribution >= 0.6 is 0 Å². The first-order chi connectivity index (χ1) is 8.21. The fourth-order valence-corrected chi connectivity index (χ4v) is 1.98. The summed E-state index contributed by atoms with van der Waals surface area (Å²) >= 11 is 0. The molecule has 1 saturated carbocycles. The molecule has 0 saturated heterocycles. The smallest absolute Gasteiger partial charge is 0.408 e. The summed E-state index contributed by atoms with van der Waals surface area (Å²) in [5.41, 5.74) is -0.612. The quantitative estimate of drug-likeness (QED) is 0.706. The second kappa shape index (κ2) is 5.56. The molecule has 6 heteroatoms. The van der Waals surface area contributed by atoms with Crippen molar-refractivity contribution in [1.29, 1.82) is 0 Å². The van der Waals surface area contributed by atoms with Gasteiger partial charge in [-0.05, 0) is 24.7 Å². The minimum Gasteiger partial charge on any atom is -0.480 e. The van der Waals surface area contributed by atoms with Gasteiger partial charge in [-0.1, -0.05) is 20.8 Å². The third kappa shape index (κ3) is 3.87. The number of carboxylic acid groups (broad SMARTS) is 1. The second-order valence-corrected chi connectivity index (χ2v) is 5.72. The van der Waals surface area contributed by atoms with Crippen molar-refractivity contribution in [2.75, 3.05) is 0 Å². The van der Waals surface area contributed by atoms with Gasteiger partial charge in [0.2, 0.25) is 0 Å². The van der Waals surface area contributed by atoms with Crippen LogP contribution in [0.5, 0.6) is 0 Å². The molecular formula is C12H21NO5. The van der Waals surface area contributed by atoms with E-state index in [1.54, 1.807) is 20.8 Å². The molecular weight excluding hydrogens is 238 g/mol. The van der Waals surface area contributed by atoms with Crippen LogP contribution in [0.1, 0.15) is 40.0 Å². The van der Waals surface area contributed by atoms with Crippen molar-refractivity contribution in [3.05, 3.63) is 0 Å². The van der Waals surface area contributed by atoms with E-state index in [2.05, 4.69) is 5.32 Å². The van der Waals surface area contributed by atoms with Crippen molar-refractivity contribution in [2.45, 2.75) is 58.3 Å². The van der Waals surface area contributed by atoms with E-state index >= 15 is 0 Å². The molecule has 3 N–H and O–H groups in total. The topological polar surface area (TPSA) is 95.9 Å². The van der Waals surface area contributed by atoms with Crippen LogP contribution in [0.3, 0.4) is 0 Å². The van der Waals surface area contributed by atoms with Crippen LogP contribution in [0.25, 0.3) is 0 Å². The SMILES string of the molecule is CC(C)(C)[C@H](NC(=O)O[C@@H]1CCC[C@H]1O)C(=O)O. The summed E-state index contributed by atoms with van der Waals surface area (Å²) in [5.74, 6) is -1.11. The van der Waals surface area contributed by atoms with E-state index in [9.17, 15) is 14.7 Å². The predicted octanol–water partition coefficient (Wildman–Crippen LogP) is 1.13. The minimum atomic E-state index is -1.11. The lowest BCUT2D eigenvalue weighted by atomic mass is 9.87. The highest BCUT2D eigenvalue weighted by Gasteiger charge is 2.35. The highest BCUT2D eigenvalue weighted by molar-refractivity contribution is 5.80. The molecule has 0 aromatic heterocycles. The number of carbonyl (C=O) groups excluding carboxylic acids is 1. The van der Waals surface area contributed by atoms with Crippen LogP contribution in [0.4, 0.5) is 4.79 Å². The summed E-state index contributed by atoms with van der Waals surface area (Å²) in [7, 11) is 0. The number of hydrogen-bond acceptors (Lipinski definition) is 4. The number of nitrogens with one attached hydrogen (secondary N) is 1. The average molecular weight is 259 g/mol. The van der Waals surface area contributed by atoms with Crippen molar-refractivity contribution in [3.8, 4) is 0 Å². The van der Waals surface area contributed by atoms with Crippen LogP contribution in [-0.4, -0.2) is 40.5 Å². The normalized spacial score (nSPS) is 25.6. The fourth-order valence-electron chi connectivity index (χ4n) is 1.98. The van der Waals surface area contributed by atoms with E-state index in [0.29, 0.717) is 12.8 Å². The highest BCUT2D eigenvalue weighted by atomic mass is 16.6. The van der Waals surface area contributed by atoms with Gasteiger partial charge >= 0.3 is 12.1 Å². The Morgan fingerprint density at radius 3 is 2.33 bits per heavy atom. The molecule has 6 nitrogen and oxygen atoms in total. The molecule has 18 heavy (non-hydrogen) atoms. The van der Waals surface area contributed by atoms with E-state index in [-0.39, 0.29) is 0 Å². The van der Waals surface area contributed by atoms with E-state index in [0.717, 1.165) is 6.42 Å². The van der Waals surface area contributed by atoms with E-state index in [4.69, 9.17) is 9.84 Å². The Kier molecular flexibility index (Phi) is 4.56. The molecule has 104 valence electrons.